The van der Waals surface area contributed by atoms with Crippen LogP contribution in [-0.4, -0.2) is 5.25 Å². The Morgan fingerprint density at radius 3 is 2.50 bits per heavy atom. The number of hydrogen-bond acceptors (Lipinski definition) is 2. The van der Waals surface area contributed by atoms with Crippen molar-refractivity contribution in [2.45, 2.75) is 48.7 Å². The molecule has 1 saturated carbocycles. The van der Waals surface area contributed by atoms with Crippen molar-refractivity contribution in [3.05, 3.63) is 23.2 Å². The van der Waals surface area contributed by atoms with Crippen LogP contribution in [0.1, 0.15) is 38.5 Å². The zero-order valence-corrected chi connectivity index (χ0v) is 11.0. The van der Waals surface area contributed by atoms with E-state index in [2.05, 4.69) is 0 Å². The van der Waals surface area contributed by atoms with Gasteiger partial charge in [0.25, 0.3) is 0 Å². The van der Waals surface area contributed by atoms with Crippen LogP contribution >= 0.6 is 23.4 Å². The van der Waals surface area contributed by atoms with Crippen LogP contribution in [0.2, 0.25) is 5.02 Å². The van der Waals surface area contributed by atoms with Gasteiger partial charge in [-0.25, -0.2) is 0 Å². The van der Waals surface area contributed by atoms with Gasteiger partial charge in [-0.05, 0) is 31.0 Å². The first-order valence-electron chi connectivity index (χ1n) is 5.97. The van der Waals surface area contributed by atoms with Crippen molar-refractivity contribution in [2.75, 3.05) is 5.73 Å². The molecular formula is C13H18ClNS. The maximum Gasteiger partial charge on any atom is 0.0453 e. The summed E-state index contributed by atoms with van der Waals surface area (Å²) in [5, 5.41) is 1.51. The number of nitrogen functional groups attached to an aromatic ring is 1. The van der Waals surface area contributed by atoms with E-state index in [0.29, 0.717) is 0 Å². The monoisotopic (exact) mass is 255 g/mol. The van der Waals surface area contributed by atoms with E-state index in [9.17, 15) is 0 Å². The molecule has 88 valence electrons. The fourth-order valence-electron chi connectivity index (χ4n) is 2.15. The summed E-state index contributed by atoms with van der Waals surface area (Å²) in [4.78, 5) is 1.15. The molecule has 0 heterocycles. The van der Waals surface area contributed by atoms with Gasteiger partial charge < -0.3 is 5.73 Å². The molecule has 1 aromatic carbocycles. The third-order valence-electron chi connectivity index (χ3n) is 3.07. The second-order valence-electron chi connectivity index (χ2n) is 4.41. The van der Waals surface area contributed by atoms with Gasteiger partial charge in [0.2, 0.25) is 0 Å². The van der Waals surface area contributed by atoms with Gasteiger partial charge in [-0.2, -0.15) is 0 Å². The molecule has 0 unspecified atom stereocenters. The highest BCUT2D eigenvalue weighted by Gasteiger charge is 2.14. The molecule has 1 nitrogen and oxygen atoms in total. The van der Waals surface area contributed by atoms with Gasteiger partial charge in [0.15, 0.2) is 0 Å². The van der Waals surface area contributed by atoms with E-state index >= 15 is 0 Å². The third kappa shape index (κ3) is 3.33. The van der Waals surface area contributed by atoms with Crippen molar-refractivity contribution in [3.8, 4) is 0 Å². The maximum absolute atomic E-state index is 6.00. The molecule has 2 N–H and O–H groups in total. The fourth-order valence-corrected chi connectivity index (χ4v) is 3.71. The van der Waals surface area contributed by atoms with Crippen LogP contribution in [-0.2, 0) is 0 Å². The van der Waals surface area contributed by atoms with Crippen LogP contribution in [0.25, 0.3) is 0 Å². The smallest absolute Gasteiger partial charge is 0.0453 e. The third-order valence-corrected chi connectivity index (χ3v) is 4.72. The summed E-state index contributed by atoms with van der Waals surface area (Å²) in [5.41, 5.74) is 6.83. The summed E-state index contributed by atoms with van der Waals surface area (Å²) >= 11 is 7.91. The summed E-state index contributed by atoms with van der Waals surface area (Å²) in [6.45, 7) is 0. The largest absolute Gasteiger partial charge is 0.398 e. The molecule has 0 atom stereocenters. The second-order valence-corrected chi connectivity index (χ2v) is 6.19. The minimum Gasteiger partial charge on any atom is -0.398 e. The number of halogens is 1. The average molecular weight is 256 g/mol. The molecule has 1 aliphatic carbocycles. The summed E-state index contributed by atoms with van der Waals surface area (Å²) < 4.78 is 0. The van der Waals surface area contributed by atoms with Crippen molar-refractivity contribution in [1.82, 2.24) is 0 Å². The highest BCUT2D eigenvalue weighted by molar-refractivity contribution is 8.00. The predicted octanol–water partition coefficient (Wildman–Crippen LogP) is 4.74. The van der Waals surface area contributed by atoms with Gasteiger partial charge in [-0.1, -0.05) is 37.3 Å². The molecule has 16 heavy (non-hydrogen) atoms. The Labute approximate surface area is 107 Å². The quantitative estimate of drug-likeness (QED) is 0.610. The highest BCUT2D eigenvalue weighted by Crippen LogP contribution is 2.36. The van der Waals surface area contributed by atoms with E-state index in [4.69, 9.17) is 17.3 Å². The molecular weight excluding hydrogens is 238 g/mol. The van der Waals surface area contributed by atoms with Gasteiger partial charge in [0.05, 0.1) is 0 Å². The summed E-state index contributed by atoms with van der Waals surface area (Å²) in [7, 11) is 0. The number of anilines is 1. The van der Waals surface area contributed by atoms with E-state index in [1.54, 1.807) is 0 Å². The van der Waals surface area contributed by atoms with E-state index in [0.717, 1.165) is 20.9 Å². The van der Waals surface area contributed by atoms with E-state index < -0.39 is 0 Å². The van der Waals surface area contributed by atoms with E-state index in [-0.39, 0.29) is 0 Å². The number of benzene rings is 1. The number of hydrogen-bond donors (Lipinski definition) is 1. The van der Waals surface area contributed by atoms with Crippen LogP contribution in [0.3, 0.4) is 0 Å². The molecule has 0 saturated heterocycles. The lowest BCUT2D eigenvalue weighted by atomic mass is 10.2. The fraction of sp³-hybridized carbons (Fsp3) is 0.538. The summed E-state index contributed by atoms with van der Waals surface area (Å²) in [6, 6.07) is 5.75. The Kier molecular flexibility index (Phi) is 4.42. The van der Waals surface area contributed by atoms with Crippen molar-refractivity contribution in [2.24, 2.45) is 0 Å². The van der Waals surface area contributed by atoms with E-state index in [1.165, 1.54) is 38.5 Å². The zero-order chi connectivity index (χ0) is 11.4. The Hall–Kier alpha value is -0.340. The second kappa shape index (κ2) is 5.83. The van der Waals surface area contributed by atoms with Crippen molar-refractivity contribution in [3.63, 3.8) is 0 Å². The molecule has 0 spiro atoms. The van der Waals surface area contributed by atoms with Gasteiger partial charge in [-0.3, -0.25) is 0 Å². The first-order chi connectivity index (χ1) is 7.75. The summed E-state index contributed by atoms with van der Waals surface area (Å²) in [6.07, 6.45) is 8.13. The molecule has 0 bridgehead atoms. The Bertz CT molecular complexity index is 346. The first-order valence-corrected chi connectivity index (χ1v) is 7.23. The highest BCUT2D eigenvalue weighted by atomic mass is 35.5. The minimum atomic E-state index is 0.725. The van der Waals surface area contributed by atoms with Gasteiger partial charge in [-0.15, -0.1) is 11.8 Å². The lowest BCUT2D eigenvalue weighted by Gasteiger charge is -2.15. The van der Waals surface area contributed by atoms with Crippen LogP contribution in [0, 0.1) is 0 Å². The van der Waals surface area contributed by atoms with Crippen LogP contribution in [0.5, 0.6) is 0 Å². The van der Waals surface area contributed by atoms with E-state index in [1.807, 2.05) is 30.0 Å². The molecule has 0 amide bonds. The number of nitrogens with two attached hydrogens (primary N) is 1. The molecule has 1 aromatic rings. The molecule has 0 aromatic heterocycles. The summed E-state index contributed by atoms with van der Waals surface area (Å²) in [5.74, 6) is 0. The van der Waals surface area contributed by atoms with Gasteiger partial charge >= 0.3 is 0 Å². The molecule has 1 aliphatic rings. The van der Waals surface area contributed by atoms with Crippen LogP contribution in [0.4, 0.5) is 5.69 Å². The number of thioether (sulfide) groups is 1. The zero-order valence-electron chi connectivity index (χ0n) is 9.42. The topological polar surface area (TPSA) is 26.0 Å². The van der Waals surface area contributed by atoms with Crippen molar-refractivity contribution >= 4 is 29.1 Å². The van der Waals surface area contributed by atoms with Crippen LogP contribution < -0.4 is 5.73 Å². The van der Waals surface area contributed by atoms with Crippen molar-refractivity contribution in [1.29, 1.82) is 0 Å². The van der Waals surface area contributed by atoms with Crippen molar-refractivity contribution < 1.29 is 0 Å². The lowest BCUT2D eigenvalue weighted by molar-refractivity contribution is 0.702. The molecule has 0 radical (unpaired) electrons. The maximum atomic E-state index is 6.00. The normalized spacial score (nSPS) is 18.3. The first kappa shape index (κ1) is 12.1. The number of rotatable bonds is 2. The average Bonchev–Trinajstić information content (AvgIpc) is 2.52. The Balaban J connectivity index is 2.04. The van der Waals surface area contributed by atoms with Gasteiger partial charge in [0, 0.05) is 20.9 Å². The SMILES string of the molecule is Nc1ccc(Cl)cc1SC1CCCCCC1. The lowest BCUT2D eigenvalue weighted by Crippen LogP contribution is -2.01. The Morgan fingerprint density at radius 1 is 1.12 bits per heavy atom. The molecule has 2 rings (SSSR count). The predicted molar refractivity (Wildman–Crippen MR) is 73.2 cm³/mol. The molecule has 3 heteroatoms. The van der Waals surface area contributed by atoms with Crippen LogP contribution in [0.15, 0.2) is 23.1 Å². The molecule has 0 aliphatic heterocycles. The Morgan fingerprint density at radius 2 is 1.81 bits per heavy atom. The standard InChI is InChI=1S/C13H18ClNS/c14-10-7-8-12(15)13(9-10)16-11-5-3-1-2-4-6-11/h7-9,11H,1-6,15H2. The van der Waals surface area contributed by atoms with Gasteiger partial charge in [0.1, 0.15) is 0 Å². The minimum absolute atomic E-state index is 0.725. The molecule has 1 fully saturated rings.